The minimum atomic E-state index is -3.27. The molecule has 0 aliphatic heterocycles. The summed E-state index contributed by atoms with van der Waals surface area (Å²) in [5.74, 6) is 0.777. The number of ether oxygens (including phenoxy) is 1. The van der Waals surface area contributed by atoms with E-state index in [1.54, 1.807) is 24.3 Å². The minimum Gasteiger partial charge on any atom is -0.497 e. The van der Waals surface area contributed by atoms with Crippen molar-refractivity contribution in [2.24, 2.45) is 5.92 Å². The first kappa shape index (κ1) is 19.4. The maximum absolute atomic E-state index is 12.1. The molecule has 1 aromatic rings. The van der Waals surface area contributed by atoms with Crippen LogP contribution in [-0.2, 0) is 10.0 Å². The van der Waals surface area contributed by atoms with Gasteiger partial charge in [0.25, 0.3) is 5.91 Å². The van der Waals surface area contributed by atoms with Gasteiger partial charge in [0.1, 0.15) is 5.75 Å². The molecule has 1 N–H and O–H groups in total. The summed E-state index contributed by atoms with van der Waals surface area (Å²) in [6.45, 7) is 5.09. The van der Waals surface area contributed by atoms with Crippen LogP contribution in [0.4, 0.5) is 0 Å². The van der Waals surface area contributed by atoms with Crippen molar-refractivity contribution in [3.05, 3.63) is 29.8 Å². The fourth-order valence-corrected chi connectivity index (χ4v) is 2.87. The molecule has 0 saturated heterocycles. The van der Waals surface area contributed by atoms with Crippen molar-refractivity contribution in [3.63, 3.8) is 0 Å². The molecule has 0 atom stereocenters. The van der Waals surface area contributed by atoms with Crippen LogP contribution in [0.25, 0.3) is 0 Å². The Labute approximate surface area is 138 Å². The topological polar surface area (TPSA) is 75.7 Å². The highest BCUT2D eigenvalue weighted by Gasteiger charge is 2.17. The van der Waals surface area contributed by atoms with Gasteiger partial charge in [-0.2, -0.15) is 0 Å². The Morgan fingerprint density at radius 1 is 1.30 bits per heavy atom. The summed E-state index contributed by atoms with van der Waals surface area (Å²) in [6.07, 6.45) is 1.98. The fourth-order valence-electron chi connectivity index (χ4n) is 2.01. The Kier molecular flexibility index (Phi) is 7.51. The van der Waals surface area contributed by atoms with Crippen LogP contribution in [0.2, 0.25) is 0 Å². The van der Waals surface area contributed by atoms with Gasteiger partial charge >= 0.3 is 0 Å². The fraction of sp³-hybridized carbons (Fsp3) is 0.562. The van der Waals surface area contributed by atoms with E-state index in [0.29, 0.717) is 23.8 Å². The van der Waals surface area contributed by atoms with E-state index in [1.165, 1.54) is 17.7 Å². The zero-order valence-electron chi connectivity index (χ0n) is 14.2. The van der Waals surface area contributed by atoms with E-state index in [4.69, 9.17) is 4.74 Å². The zero-order chi connectivity index (χ0) is 17.5. The highest BCUT2D eigenvalue weighted by Crippen LogP contribution is 2.12. The van der Waals surface area contributed by atoms with E-state index < -0.39 is 10.0 Å². The SMILES string of the molecule is COc1cccc(C(=O)NCCN(CCC(C)C)S(C)(=O)=O)c1. The van der Waals surface area contributed by atoms with Crippen LogP contribution in [-0.4, -0.2) is 51.6 Å². The van der Waals surface area contributed by atoms with Crippen LogP contribution in [0.3, 0.4) is 0 Å². The number of hydrogen-bond acceptors (Lipinski definition) is 4. The lowest BCUT2D eigenvalue weighted by Gasteiger charge is -2.21. The van der Waals surface area contributed by atoms with E-state index in [-0.39, 0.29) is 19.0 Å². The van der Waals surface area contributed by atoms with Crippen molar-refractivity contribution >= 4 is 15.9 Å². The minimum absolute atomic E-state index is 0.249. The molecule has 1 amide bonds. The lowest BCUT2D eigenvalue weighted by Crippen LogP contribution is -2.38. The second-order valence-corrected chi connectivity index (χ2v) is 7.81. The molecule has 23 heavy (non-hydrogen) atoms. The van der Waals surface area contributed by atoms with Crippen molar-refractivity contribution in [2.45, 2.75) is 20.3 Å². The Bertz CT molecular complexity index is 614. The van der Waals surface area contributed by atoms with Crippen LogP contribution in [0.15, 0.2) is 24.3 Å². The van der Waals surface area contributed by atoms with Crippen LogP contribution in [0.5, 0.6) is 5.75 Å². The van der Waals surface area contributed by atoms with E-state index in [2.05, 4.69) is 5.32 Å². The largest absolute Gasteiger partial charge is 0.497 e. The van der Waals surface area contributed by atoms with Crippen LogP contribution < -0.4 is 10.1 Å². The number of methoxy groups -OCH3 is 1. The number of benzene rings is 1. The van der Waals surface area contributed by atoms with E-state index in [9.17, 15) is 13.2 Å². The van der Waals surface area contributed by atoms with Gasteiger partial charge in [-0.1, -0.05) is 19.9 Å². The Morgan fingerprint density at radius 3 is 2.57 bits per heavy atom. The van der Waals surface area contributed by atoms with Gasteiger partial charge in [0.2, 0.25) is 10.0 Å². The van der Waals surface area contributed by atoms with Crippen LogP contribution >= 0.6 is 0 Å². The first-order valence-electron chi connectivity index (χ1n) is 7.61. The smallest absolute Gasteiger partial charge is 0.251 e. The molecule has 0 radical (unpaired) electrons. The number of amides is 1. The van der Waals surface area contributed by atoms with Crippen molar-refractivity contribution in [2.75, 3.05) is 33.0 Å². The van der Waals surface area contributed by atoms with Gasteiger partial charge in [0.05, 0.1) is 13.4 Å². The maximum Gasteiger partial charge on any atom is 0.251 e. The molecule has 0 unspecified atom stereocenters. The molecule has 6 nitrogen and oxygen atoms in total. The number of carbonyl (C=O) groups excluding carboxylic acids is 1. The summed E-state index contributed by atoms with van der Waals surface area (Å²) >= 11 is 0. The normalized spacial score (nSPS) is 11.7. The highest BCUT2D eigenvalue weighted by molar-refractivity contribution is 7.88. The second kappa shape index (κ2) is 8.88. The lowest BCUT2D eigenvalue weighted by molar-refractivity contribution is 0.0951. The van der Waals surface area contributed by atoms with E-state index >= 15 is 0 Å². The first-order chi connectivity index (χ1) is 10.7. The average Bonchev–Trinajstić information content (AvgIpc) is 2.48. The third-order valence-corrected chi connectivity index (χ3v) is 4.71. The molecule has 0 spiro atoms. The second-order valence-electron chi connectivity index (χ2n) is 5.83. The van der Waals surface area contributed by atoms with Gasteiger partial charge in [-0.25, -0.2) is 12.7 Å². The summed E-state index contributed by atoms with van der Waals surface area (Å²) in [5, 5.41) is 2.74. The quantitative estimate of drug-likeness (QED) is 0.741. The van der Waals surface area contributed by atoms with Gasteiger partial charge in [-0.05, 0) is 30.5 Å². The number of nitrogens with zero attached hydrogens (tertiary/aromatic N) is 1. The number of sulfonamides is 1. The maximum atomic E-state index is 12.1. The van der Waals surface area contributed by atoms with Gasteiger partial charge in [0.15, 0.2) is 0 Å². The van der Waals surface area contributed by atoms with E-state index in [1.807, 2.05) is 13.8 Å². The summed E-state index contributed by atoms with van der Waals surface area (Å²) < 4.78 is 30.0. The van der Waals surface area contributed by atoms with Crippen molar-refractivity contribution < 1.29 is 17.9 Å². The molecule has 130 valence electrons. The molecule has 0 aliphatic rings. The number of nitrogens with one attached hydrogen (secondary N) is 1. The summed E-state index contributed by atoms with van der Waals surface area (Å²) in [5.41, 5.74) is 0.484. The predicted octanol–water partition coefficient (Wildman–Crippen LogP) is 1.73. The predicted molar refractivity (Wildman–Crippen MR) is 91.2 cm³/mol. The van der Waals surface area contributed by atoms with Crippen molar-refractivity contribution in [1.82, 2.24) is 9.62 Å². The molecule has 0 saturated carbocycles. The average molecular weight is 342 g/mol. The summed E-state index contributed by atoms with van der Waals surface area (Å²) in [7, 11) is -1.73. The van der Waals surface area contributed by atoms with Gasteiger partial charge in [-0.15, -0.1) is 0 Å². The molecule has 7 heteroatoms. The number of hydrogen-bond donors (Lipinski definition) is 1. The van der Waals surface area contributed by atoms with E-state index in [0.717, 1.165) is 6.42 Å². The molecule has 0 aromatic heterocycles. The third-order valence-electron chi connectivity index (χ3n) is 3.40. The standard InChI is InChI=1S/C16H26N2O4S/c1-13(2)8-10-18(23(4,20)21)11-9-17-16(19)14-6-5-7-15(12-14)22-3/h5-7,12-13H,8-11H2,1-4H3,(H,17,19). The molecule has 0 aliphatic carbocycles. The van der Waals surface area contributed by atoms with Crippen molar-refractivity contribution in [1.29, 1.82) is 0 Å². The van der Waals surface area contributed by atoms with Gasteiger partial charge in [-0.3, -0.25) is 4.79 Å². The molecule has 1 aromatic carbocycles. The highest BCUT2D eigenvalue weighted by atomic mass is 32.2. The summed E-state index contributed by atoms with van der Waals surface area (Å²) in [4.78, 5) is 12.1. The Balaban J connectivity index is 2.56. The van der Waals surface area contributed by atoms with Crippen LogP contribution in [0, 0.1) is 5.92 Å². The lowest BCUT2D eigenvalue weighted by atomic mass is 10.1. The number of rotatable bonds is 9. The number of carbonyl (C=O) groups is 1. The molecule has 0 heterocycles. The Hall–Kier alpha value is -1.60. The molecule has 0 bridgehead atoms. The Morgan fingerprint density at radius 2 is 2.00 bits per heavy atom. The van der Waals surface area contributed by atoms with Gasteiger partial charge in [0, 0.05) is 25.2 Å². The van der Waals surface area contributed by atoms with Gasteiger partial charge < -0.3 is 10.1 Å². The zero-order valence-corrected chi connectivity index (χ0v) is 15.0. The molecule has 0 fully saturated rings. The summed E-state index contributed by atoms with van der Waals surface area (Å²) in [6, 6.07) is 6.82. The van der Waals surface area contributed by atoms with Crippen molar-refractivity contribution in [3.8, 4) is 5.75 Å². The van der Waals surface area contributed by atoms with Crippen LogP contribution in [0.1, 0.15) is 30.6 Å². The molecular weight excluding hydrogens is 316 g/mol. The third kappa shape index (κ3) is 7.00. The monoisotopic (exact) mass is 342 g/mol. The molecular formula is C16H26N2O4S. The first-order valence-corrected chi connectivity index (χ1v) is 9.46. The molecule has 1 rings (SSSR count).